The predicted octanol–water partition coefficient (Wildman–Crippen LogP) is 1.29. The lowest BCUT2D eigenvalue weighted by Gasteiger charge is -1.92. The van der Waals surface area contributed by atoms with Gasteiger partial charge in [0, 0.05) is 5.56 Å². The first kappa shape index (κ1) is 6.11. The van der Waals surface area contributed by atoms with Crippen LogP contribution in [-0.4, -0.2) is 11.7 Å². The second kappa shape index (κ2) is 2.51. The van der Waals surface area contributed by atoms with Gasteiger partial charge < -0.3 is 9.52 Å². The van der Waals surface area contributed by atoms with Crippen LogP contribution >= 0.6 is 0 Å². The maximum atomic E-state index is 8.57. The van der Waals surface area contributed by atoms with Gasteiger partial charge in [0.05, 0.1) is 19.1 Å². The van der Waals surface area contributed by atoms with Crippen LogP contribution in [0.5, 0.6) is 0 Å². The van der Waals surface area contributed by atoms with Gasteiger partial charge in [-0.25, -0.2) is 0 Å². The fraction of sp³-hybridized carbons (Fsp3) is 0.143. The van der Waals surface area contributed by atoms with Crippen LogP contribution in [0.3, 0.4) is 0 Å². The van der Waals surface area contributed by atoms with Gasteiger partial charge in [-0.1, -0.05) is 6.58 Å². The summed E-state index contributed by atoms with van der Waals surface area (Å²) in [6.45, 7) is 3.59. The van der Waals surface area contributed by atoms with Crippen molar-refractivity contribution >= 4 is 5.57 Å². The van der Waals surface area contributed by atoms with E-state index >= 15 is 0 Å². The quantitative estimate of drug-likeness (QED) is 0.644. The molecule has 0 aliphatic heterocycles. The van der Waals surface area contributed by atoms with Gasteiger partial charge in [-0.15, -0.1) is 0 Å². The summed E-state index contributed by atoms with van der Waals surface area (Å²) in [7, 11) is 0. The number of aliphatic hydroxyl groups is 1. The molecule has 1 N–H and O–H groups in total. The van der Waals surface area contributed by atoms with E-state index in [1.807, 2.05) is 0 Å². The largest absolute Gasteiger partial charge is 0.472 e. The number of hydrogen-bond donors (Lipinski definition) is 1. The van der Waals surface area contributed by atoms with E-state index in [0.717, 1.165) is 5.56 Å². The molecule has 0 aromatic carbocycles. The molecule has 0 saturated carbocycles. The molecule has 0 radical (unpaired) electrons. The van der Waals surface area contributed by atoms with Crippen molar-refractivity contribution in [3.05, 3.63) is 30.7 Å². The molecule has 1 rings (SSSR count). The van der Waals surface area contributed by atoms with E-state index < -0.39 is 0 Å². The second-order valence-corrected chi connectivity index (χ2v) is 1.77. The van der Waals surface area contributed by atoms with Crippen molar-refractivity contribution in [3.8, 4) is 0 Å². The fourth-order valence-corrected chi connectivity index (χ4v) is 0.557. The maximum absolute atomic E-state index is 8.57. The highest BCUT2D eigenvalue weighted by Crippen LogP contribution is 2.10. The molecule has 0 bridgehead atoms. The van der Waals surface area contributed by atoms with Crippen LogP contribution in [-0.2, 0) is 0 Å². The SMILES string of the molecule is C=C(CO)c1ccoc1. The average Bonchev–Trinajstić information content (AvgIpc) is 2.37. The normalized spacial score (nSPS) is 9.44. The van der Waals surface area contributed by atoms with E-state index in [-0.39, 0.29) is 6.61 Å². The number of rotatable bonds is 2. The summed E-state index contributed by atoms with van der Waals surface area (Å²) >= 11 is 0. The minimum atomic E-state index is -0.0144. The molecule has 0 saturated heterocycles. The molecule has 2 heteroatoms. The van der Waals surface area contributed by atoms with Gasteiger partial charge in [0.15, 0.2) is 0 Å². The standard InChI is InChI=1S/C7H8O2/c1-6(4-8)7-2-3-9-5-7/h2-3,5,8H,1,4H2. The molecule has 9 heavy (non-hydrogen) atoms. The Morgan fingerprint density at radius 3 is 3.00 bits per heavy atom. The first-order valence-electron chi connectivity index (χ1n) is 2.66. The maximum Gasteiger partial charge on any atom is 0.0978 e. The van der Waals surface area contributed by atoms with Crippen LogP contribution in [0.2, 0.25) is 0 Å². The lowest BCUT2D eigenvalue weighted by molar-refractivity contribution is 0.350. The van der Waals surface area contributed by atoms with Crippen molar-refractivity contribution in [1.82, 2.24) is 0 Å². The Kier molecular flexibility index (Phi) is 1.70. The Hall–Kier alpha value is -1.02. The Labute approximate surface area is 53.4 Å². The molecule has 0 fully saturated rings. The zero-order valence-corrected chi connectivity index (χ0v) is 5.00. The average molecular weight is 124 g/mol. The molecule has 1 aromatic heterocycles. The van der Waals surface area contributed by atoms with Gasteiger partial charge in [0.2, 0.25) is 0 Å². The van der Waals surface area contributed by atoms with Crippen molar-refractivity contribution < 1.29 is 9.52 Å². The Bertz CT molecular complexity index is 187. The van der Waals surface area contributed by atoms with Crippen LogP contribution in [0.1, 0.15) is 5.56 Å². The molecule has 0 spiro atoms. The molecule has 0 unspecified atom stereocenters. The molecule has 0 atom stereocenters. The van der Waals surface area contributed by atoms with E-state index in [4.69, 9.17) is 9.52 Å². The summed E-state index contributed by atoms with van der Waals surface area (Å²) in [5.74, 6) is 0. The second-order valence-electron chi connectivity index (χ2n) is 1.77. The van der Waals surface area contributed by atoms with Crippen LogP contribution in [0.4, 0.5) is 0 Å². The van der Waals surface area contributed by atoms with E-state index in [0.29, 0.717) is 5.57 Å². The van der Waals surface area contributed by atoms with Gasteiger partial charge in [0.1, 0.15) is 0 Å². The van der Waals surface area contributed by atoms with Gasteiger partial charge in [-0.05, 0) is 11.6 Å². The Balaban J connectivity index is 2.77. The summed E-state index contributed by atoms with van der Waals surface area (Å²) in [6.07, 6.45) is 3.11. The van der Waals surface area contributed by atoms with E-state index in [1.165, 1.54) is 0 Å². The molecule has 1 heterocycles. The van der Waals surface area contributed by atoms with Crippen molar-refractivity contribution in [2.45, 2.75) is 0 Å². The third kappa shape index (κ3) is 1.21. The Morgan fingerprint density at radius 1 is 1.78 bits per heavy atom. The number of furan rings is 1. The van der Waals surface area contributed by atoms with Crippen molar-refractivity contribution in [3.63, 3.8) is 0 Å². The topological polar surface area (TPSA) is 33.4 Å². The van der Waals surface area contributed by atoms with Crippen molar-refractivity contribution in [2.75, 3.05) is 6.61 Å². The van der Waals surface area contributed by atoms with E-state index in [9.17, 15) is 0 Å². The smallest absolute Gasteiger partial charge is 0.0978 e. The molecule has 0 amide bonds. The lowest BCUT2D eigenvalue weighted by Crippen LogP contribution is -1.83. The molecular formula is C7H8O2. The zero-order chi connectivity index (χ0) is 6.69. The lowest BCUT2D eigenvalue weighted by atomic mass is 10.2. The summed E-state index contributed by atoms with van der Waals surface area (Å²) in [6, 6.07) is 1.76. The first-order valence-corrected chi connectivity index (χ1v) is 2.66. The van der Waals surface area contributed by atoms with Crippen molar-refractivity contribution in [2.24, 2.45) is 0 Å². The molecule has 2 nitrogen and oxygen atoms in total. The fourth-order valence-electron chi connectivity index (χ4n) is 0.557. The van der Waals surface area contributed by atoms with Crippen molar-refractivity contribution in [1.29, 1.82) is 0 Å². The molecule has 1 aromatic rings. The molecular weight excluding hydrogens is 116 g/mol. The number of hydrogen-bond acceptors (Lipinski definition) is 2. The van der Waals surface area contributed by atoms with Gasteiger partial charge >= 0.3 is 0 Å². The molecule has 0 aliphatic rings. The Morgan fingerprint density at radius 2 is 2.56 bits per heavy atom. The highest BCUT2D eigenvalue weighted by Gasteiger charge is 1.95. The van der Waals surface area contributed by atoms with Crippen LogP contribution in [0.15, 0.2) is 29.6 Å². The van der Waals surface area contributed by atoms with Crippen LogP contribution in [0, 0.1) is 0 Å². The number of aliphatic hydroxyl groups excluding tert-OH is 1. The minimum absolute atomic E-state index is 0.0144. The van der Waals surface area contributed by atoms with E-state index in [2.05, 4.69) is 6.58 Å². The summed E-state index contributed by atoms with van der Waals surface area (Å²) in [5.41, 5.74) is 1.54. The van der Waals surface area contributed by atoms with Crippen LogP contribution < -0.4 is 0 Å². The minimum Gasteiger partial charge on any atom is -0.472 e. The third-order valence-electron chi connectivity index (χ3n) is 1.12. The predicted molar refractivity (Wildman–Crippen MR) is 34.8 cm³/mol. The highest BCUT2D eigenvalue weighted by atomic mass is 16.3. The van der Waals surface area contributed by atoms with Gasteiger partial charge in [0.25, 0.3) is 0 Å². The summed E-state index contributed by atoms with van der Waals surface area (Å²) < 4.78 is 4.77. The molecule has 48 valence electrons. The van der Waals surface area contributed by atoms with E-state index in [1.54, 1.807) is 18.6 Å². The summed E-state index contributed by atoms with van der Waals surface area (Å²) in [4.78, 5) is 0. The van der Waals surface area contributed by atoms with Gasteiger partial charge in [-0.3, -0.25) is 0 Å². The van der Waals surface area contributed by atoms with Gasteiger partial charge in [-0.2, -0.15) is 0 Å². The third-order valence-corrected chi connectivity index (χ3v) is 1.12. The monoisotopic (exact) mass is 124 g/mol. The van der Waals surface area contributed by atoms with Crippen LogP contribution in [0.25, 0.3) is 5.57 Å². The zero-order valence-electron chi connectivity index (χ0n) is 5.00. The highest BCUT2D eigenvalue weighted by molar-refractivity contribution is 5.62. The summed E-state index contributed by atoms with van der Waals surface area (Å²) in [5, 5.41) is 8.57. The molecule has 0 aliphatic carbocycles. The first-order chi connectivity index (χ1) is 4.34.